The van der Waals surface area contributed by atoms with Crippen LogP contribution in [0.4, 0.5) is 22.2 Å². The summed E-state index contributed by atoms with van der Waals surface area (Å²) < 4.78 is 7.55. The molecule has 1 saturated heterocycles. The van der Waals surface area contributed by atoms with Crippen LogP contribution in [0.25, 0.3) is 11.2 Å². The number of anilines is 3. The average molecular weight is 637 g/mol. The number of ether oxygens (including phenoxy) is 1. The van der Waals surface area contributed by atoms with E-state index in [4.69, 9.17) is 30.3 Å². The SMILES string of the molecule is COc1ccccc1NC(=O)ON1CCC(Nc2nc(N[C@H]3CC[C@H](N)CC3)nc3c2ncn3C2CCCC2)CC1.Cl.Cl. The molecule has 6 rings (SSSR count). The molecule has 5 N–H and O–H groups in total. The Hall–Kier alpha value is -3.06. The number of piperidine rings is 1. The molecule has 236 valence electrons. The van der Waals surface area contributed by atoms with Gasteiger partial charge in [0.1, 0.15) is 5.75 Å². The fourth-order valence-electron chi connectivity index (χ4n) is 6.26. The molecule has 43 heavy (non-hydrogen) atoms. The van der Waals surface area contributed by atoms with Crippen LogP contribution in [0.2, 0.25) is 0 Å². The lowest BCUT2D eigenvalue weighted by atomic mass is 9.92. The summed E-state index contributed by atoms with van der Waals surface area (Å²) in [4.78, 5) is 32.7. The standard InChI is InChI=1S/C29H41N9O3.2ClH/c1-40-24-9-5-4-8-23(24)34-29(39)41-37-16-14-21(15-17-37)32-26-25-27(38(18-31-25)22-6-2-3-7-22)36-28(35-26)33-20-12-10-19(30)11-13-20;;/h4-5,8-9,18-22H,2-3,6-7,10-17,30H2,1H3,(H,34,39)(H2,32,33,35,36);2*1H/t19-,20-;;. The van der Waals surface area contributed by atoms with Crippen LogP contribution in [0, 0.1) is 0 Å². The predicted molar refractivity (Wildman–Crippen MR) is 172 cm³/mol. The number of hydrogen-bond donors (Lipinski definition) is 4. The molecule has 2 saturated carbocycles. The topological polar surface area (TPSA) is 144 Å². The van der Waals surface area contributed by atoms with Gasteiger partial charge in [-0.15, -0.1) is 29.9 Å². The van der Waals surface area contributed by atoms with Crippen molar-refractivity contribution >= 4 is 59.5 Å². The highest BCUT2D eigenvalue weighted by Crippen LogP contribution is 2.34. The normalized spacial score (nSPS) is 21.4. The summed E-state index contributed by atoms with van der Waals surface area (Å²) in [5.41, 5.74) is 8.40. The Morgan fingerprint density at radius 1 is 0.930 bits per heavy atom. The number of halogens is 2. The molecule has 0 radical (unpaired) electrons. The summed E-state index contributed by atoms with van der Waals surface area (Å²) in [5, 5.41) is 11.7. The first-order chi connectivity index (χ1) is 20.1. The molecule has 2 aliphatic carbocycles. The highest BCUT2D eigenvalue weighted by molar-refractivity contribution is 5.87. The highest BCUT2D eigenvalue weighted by atomic mass is 35.5. The minimum absolute atomic E-state index is 0. The van der Waals surface area contributed by atoms with E-state index in [0.717, 1.165) is 68.3 Å². The van der Waals surface area contributed by atoms with E-state index < -0.39 is 6.09 Å². The van der Waals surface area contributed by atoms with Gasteiger partial charge in [-0.1, -0.05) is 25.0 Å². The van der Waals surface area contributed by atoms with E-state index in [1.54, 1.807) is 24.3 Å². The molecule has 0 unspecified atom stereocenters. The van der Waals surface area contributed by atoms with E-state index in [2.05, 4.69) is 20.5 Å². The van der Waals surface area contributed by atoms with Crippen molar-refractivity contribution in [1.29, 1.82) is 0 Å². The molecule has 0 bridgehead atoms. The average Bonchev–Trinajstić information content (AvgIpc) is 3.66. The second-order valence-electron chi connectivity index (χ2n) is 11.5. The second-order valence-corrected chi connectivity index (χ2v) is 11.5. The Labute approximate surface area is 264 Å². The lowest BCUT2D eigenvalue weighted by molar-refractivity contribution is -0.107. The fraction of sp³-hybridized carbons (Fsp3) is 0.586. The molecule has 14 heteroatoms. The van der Waals surface area contributed by atoms with E-state index in [-0.39, 0.29) is 30.9 Å². The lowest BCUT2D eigenvalue weighted by Gasteiger charge is -2.31. The number of methoxy groups -OCH3 is 1. The first-order valence-corrected chi connectivity index (χ1v) is 15.0. The number of amides is 1. The molecule has 12 nitrogen and oxygen atoms in total. The number of hydroxylamine groups is 2. The van der Waals surface area contributed by atoms with Crippen molar-refractivity contribution in [3.8, 4) is 5.75 Å². The molecule has 0 atom stereocenters. The number of nitrogens with one attached hydrogen (secondary N) is 3. The molecule has 3 aromatic rings. The molecule has 1 aromatic carbocycles. The van der Waals surface area contributed by atoms with Gasteiger partial charge in [0.2, 0.25) is 5.95 Å². The molecule has 3 aliphatic rings. The Kier molecular flexibility index (Phi) is 11.5. The smallest absolute Gasteiger partial charge is 0.430 e. The Balaban J connectivity index is 0.00000212. The van der Waals surface area contributed by atoms with Crippen LogP contribution in [-0.2, 0) is 4.84 Å². The van der Waals surface area contributed by atoms with Crippen LogP contribution in [0.1, 0.15) is 70.3 Å². The van der Waals surface area contributed by atoms with Gasteiger partial charge < -0.3 is 30.5 Å². The van der Waals surface area contributed by atoms with E-state index >= 15 is 0 Å². The fourth-order valence-corrected chi connectivity index (χ4v) is 6.26. The number of para-hydroxylation sites is 2. The quantitative estimate of drug-likeness (QED) is 0.250. The summed E-state index contributed by atoms with van der Waals surface area (Å²) in [7, 11) is 1.57. The van der Waals surface area contributed by atoms with Crippen molar-refractivity contribution in [1.82, 2.24) is 24.6 Å². The number of nitrogens with zero attached hydrogens (tertiary/aromatic N) is 5. The Morgan fingerprint density at radius 3 is 2.35 bits per heavy atom. The van der Waals surface area contributed by atoms with E-state index in [0.29, 0.717) is 48.6 Å². The van der Waals surface area contributed by atoms with Crippen molar-refractivity contribution < 1.29 is 14.4 Å². The zero-order chi connectivity index (χ0) is 28.2. The maximum atomic E-state index is 12.5. The summed E-state index contributed by atoms with van der Waals surface area (Å²) >= 11 is 0. The molecular formula is C29H43Cl2N9O3. The summed E-state index contributed by atoms with van der Waals surface area (Å²) in [6.07, 6.45) is 11.9. The summed E-state index contributed by atoms with van der Waals surface area (Å²) in [6, 6.07) is 8.47. The molecule has 3 heterocycles. The lowest BCUT2D eigenvalue weighted by Crippen LogP contribution is -2.41. The van der Waals surface area contributed by atoms with Crippen LogP contribution in [0.15, 0.2) is 30.6 Å². The number of carbonyl (C=O) groups is 1. The van der Waals surface area contributed by atoms with Gasteiger partial charge in [0.05, 0.1) is 19.1 Å². The first-order valence-electron chi connectivity index (χ1n) is 15.0. The minimum atomic E-state index is -0.532. The Morgan fingerprint density at radius 2 is 1.63 bits per heavy atom. The van der Waals surface area contributed by atoms with Gasteiger partial charge in [0.15, 0.2) is 17.0 Å². The summed E-state index contributed by atoms with van der Waals surface area (Å²) in [5.74, 6) is 1.99. The second kappa shape index (κ2) is 15.1. The van der Waals surface area contributed by atoms with Gasteiger partial charge in [-0.25, -0.2) is 9.78 Å². The predicted octanol–water partition coefficient (Wildman–Crippen LogP) is 5.52. The van der Waals surface area contributed by atoms with Gasteiger partial charge in [-0.2, -0.15) is 9.97 Å². The van der Waals surface area contributed by atoms with Crippen molar-refractivity contribution in [3.05, 3.63) is 30.6 Å². The van der Waals surface area contributed by atoms with Crippen LogP contribution >= 0.6 is 24.8 Å². The molecule has 3 fully saturated rings. The number of imidazole rings is 1. The van der Waals surface area contributed by atoms with Gasteiger partial charge >= 0.3 is 6.09 Å². The van der Waals surface area contributed by atoms with E-state index in [9.17, 15) is 4.79 Å². The van der Waals surface area contributed by atoms with Crippen LogP contribution in [0.3, 0.4) is 0 Å². The zero-order valence-corrected chi connectivity index (χ0v) is 26.2. The number of aromatic nitrogens is 4. The van der Waals surface area contributed by atoms with Crippen molar-refractivity contribution in [2.75, 3.05) is 36.1 Å². The first kappa shape index (κ1) is 32.8. The molecule has 2 aromatic heterocycles. The van der Waals surface area contributed by atoms with Crippen LogP contribution in [-0.4, -0.2) is 69.0 Å². The van der Waals surface area contributed by atoms with Crippen molar-refractivity contribution in [2.24, 2.45) is 5.73 Å². The van der Waals surface area contributed by atoms with Crippen molar-refractivity contribution in [3.63, 3.8) is 0 Å². The third-order valence-electron chi connectivity index (χ3n) is 8.60. The zero-order valence-electron chi connectivity index (χ0n) is 24.5. The van der Waals surface area contributed by atoms with Crippen LogP contribution < -0.4 is 26.4 Å². The molecule has 1 aliphatic heterocycles. The van der Waals surface area contributed by atoms with Gasteiger partial charge in [0.25, 0.3) is 0 Å². The number of nitrogens with two attached hydrogens (primary N) is 1. The maximum Gasteiger partial charge on any atom is 0.430 e. The van der Waals surface area contributed by atoms with E-state index in [1.165, 1.54) is 12.8 Å². The number of hydrogen-bond acceptors (Lipinski definition) is 10. The minimum Gasteiger partial charge on any atom is -0.495 e. The van der Waals surface area contributed by atoms with Gasteiger partial charge in [-0.05, 0) is 63.5 Å². The third-order valence-corrected chi connectivity index (χ3v) is 8.60. The van der Waals surface area contributed by atoms with Crippen molar-refractivity contribution in [2.45, 2.75) is 88.4 Å². The monoisotopic (exact) mass is 635 g/mol. The van der Waals surface area contributed by atoms with Crippen LogP contribution in [0.5, 0.6) is 5.75 Å². The van der Waals surface area contributed by atoms with E-state index in [1.807, 2.05) is 18.5 Å². The number of fused-ring (bicyclic) bond motifs is 1. The largest absolute Gasteiger partial charge is 0.495 e. The number of carbonyl (C=O) groups excluding carboxylic acids is 1. The Bertz CT molecular complexity index is 1340. The summed E-state index contributed by atoms with van der Waals surface area (Å²) in [6.45, 7) is 1.21. The third kappa shape index (κ3) is 7.91. The highest BCUT2D eigenvalue weighted by Gasteiger charge is 2.27. The maximum absolute atomic E-state index is 12.5. The number of rotatable bonds is 8. The molecule has 0 spiro atoms. The number of benzene rings is 1. The van der Waals surface area contributed by atoms with Gasteiger partial charge in [0, 0.05) is 37.3 Å². The molecule has 1 amide bonds. The van der Waals surface area contributed by atoms with Gasteiger partial charge in [-0.3, -0.25) is 5.32 Å². The molecular weight excluding hydrogens is 593 g/mol.